The Kier molecular flexibility index (Phi) is 5.99. The molecule has 1 aliphatic carbocycles. The molecule has 0 bridgehead atoms. The van der Waals surface area contributed by atoms with Gasteiger partial charge in [0.25, 0.3) is 11.8 Å². The summed E-state index contributed by atoms with van der Waals surface area (Å²) in [5.74, 6) is 10.1. The number of hydrogen-bond acceptors (Lipinski definition) is 7. The molecule has 0 saturated heterocycles. The van der Waals surface area contributed by atoms with Crippen molar-refractivity contribution in [3.63, 3.8) is 0 Å². The van der Waals surface area contributed by atoms with E-state index in [9.17, 15) is 23.1 Å². The molecule has 1 atom stereocenters. The van der Waals surface area contributed by atoms with E-state index in [-0.39, 0.29) is 30.9 Å². The summed E-state index contributed by atoms with van der Waals surface area (Å²) in [7, 11) is -3.82. The molecule has 2 heterocycles. The second kappa shape index (κ2) is 8.05. The van der Waals surface area contributed by atoms with Gasteiger partial charge in [0.2, 0.25) is 0 Å². The number of aliphatic hydroxyl groups excluding tert-OH is 1. The second-order valence-electron chi connectivity index (χ2n) is 7.82. The highest BCUT2D eigenvalue weighted by Crippen LogP contribution is 2.44. The Morgan fingerprint density at radius 1 is 1.40 bits per heavy atom. The van der Waals surface area contributed by atoms with E-state index < -0.39 is 20.5 Å². The van der Waals surface area contributed by atoms with Gasteiger partial charge in [-0.1, -0.05) is 5.92 Å². The Morgan fingerprint density at radius 3 is 2.63 bits per heavy atom. The molecule has 10 heteroatoms. The van der Waals surface area contributed by atoms with Crippen molar-refractivity contribution < 1.29 is 28.3 Å². The standard InChI is InChI=1S/C20H22N2O6S2/c1-19(18(25)21-26,30(2,27)28)9-10-22-12-14-11-15(29-16(14)17(22)24)5-3-4-6-20(13-23)7-8-20/h11,23,26H,7-10,12-13H2,1-2H3,(H,21,25)/t19-/m1/s1. The molecule has 1 aliphatic heterocycles. The highest BCUT2D eigenvalue weighted by Gasteiger charge is 2.44. The van der Waals surface area contributed by atoms with Crippen molar-refractivity contribution >= 4 is 33.0 Å². The molecule has 8 nitrogen and oxygen atoms in total. The van der Waals surface area contributed by atoms with Crippen LogP contribution in [-0.2, 0) is 21.2 Å². The third kappa shape index (κ3) is 4.23. The average Bonchev–Trinajstić information content (AvgIpc) is 3.28. The fraction of sp³-hybridized carbons (Fsp3) is 0.500. The molecule has 0 aromatic carbocycles. The lowest BCUT2D eigenvalue weighted by Crippen LogP contribution is -2.50. The van der Waals surface area contributed by atoms with Gasteiger partial charge in [-0.2, -0.15) is 0 Å². The predicted octanol–water partition coefficient (Wildman–Crippen LogP) is 0.530. The summed E-state index contributed by atoms with van der Waals surface area (Å²) in [5, 5.41) is 18.1. The molecule has 2 amide bonds. The zero-order chi connectivity index (χ0) is 22.2. The number of hydroxylamine groups is 1. The highest BCUT2D eigenvalue weighted by atomic mass is 32.2. The number of rotatable bonds is 6. The van der Waals surface area contributed by atoms with Crippen molar-refractivity contribution in [1.82, 2.24) is 10.4 Å². The van der Waals surface area contributed by atoms with Gasteiger partial charge in [0.15, 0.2) is 14.6 Å². The Balaban J connectivity index is 1.66. The van der Waals surface area contributed by atoms with E-state index in [1.165, 1.54) is 28.6 Å². The normalized spacial score (nSPS) is 18.4. The van der Waals surface area contributed by atoms with Gasteiger partial charge in [-0.25, -0.2) is 13.9 Å². The van der Waals surface area contributed by atoms with Gasteiger partial charge < -0.3 is 10.0 Å². The molecule has 0 spiro atoms. The number of carbonyl (C=O) groups is 2. The van der Waals surface area contributed by atoms with Gasteiger partial charge in [-0.05, 0) is 55.6 Å². The van der Waals surface area contributed by atoms with Gasteiger partial charge >= 0.3 is 0 Å². The molecular formula is C20H22N2O6S2. The monoisotopic (exact) mass is 450 g/mol. The van der Waals surface area contributed by atoms with Crippen LogP contribution in [0.2, 0.25) is 0 Å². The first-order chi connectivity index (χ1) is 14.0. The van der Waals surface area contributed by atoms with Gasteiger partial charge in [0, 0.05) is 19.3 Å². The quantitative estimate of drug-likeness (QED) is 0.330. The van der Waals surface area contributed by atoms with Crippen molar-refractivity contribution in [1.29, 1.82) is 0 Å². The summed E-state index contributed by atoms with van der Waals surface area (Å²) in [6.07, 6.45) is 2.54. The first-order valence-corrected chi connectivity index (χ1v) is 12.0. The largest absolute Gasteiger partial charge is 0.395 e. The minimum absolute atomic E-state index is 0.0393. The van der Waals surface area contributed by atoms with Crippen molar-refractivity contribution in [2.45, 2.75) is 37.5 Å². The third-order valence-electron chi connectivity index (χ3n) is 5.64. The van der Waals surface area contributed by atoms with Crippen LogP contribution in [0, 0.1) is 29.1 Å². The van der Waals surface area contributed by atoms with Crippen LogP contribution in [0.25, 0.3) is 0 Å². The van der Waals surface area contributed by atoms with Crippen molar-refractivity contribution in [2.75, 3.05) is 19.4 Å². The summed E-state index contributed by atoms with van der Waals surface area (Å²) >= 11 is 1.24. The molecular weight excluding hydrogens is 428 g/mol. The van der Waals surface area contributed by atoms with Crippen LogP contribution in [0.4, 0.5) is 0 Å². The lowest BCUT2D eigenvalue weighted by atomic mass is 10.1. The number of amides is 2. The maximum absolute atomic E-state index is 12.7. The van der Waals surface area contributed by atoms with Crippen LogP contribution in [0.1, 0.15) is 46.3 Å². The number of nitrogens with zero attached hydrogens (tertiary/aromatic N) is 1. The highest BCUT2D eigenvalue weighted by molar-refractivity contribution is 7.92. The molecule has 160 valence electrons. The van der Waals surface area contributed by atoms with E-state index in [4.69, 9.17) is 5.21 Å². The van der Waals surface area contributed by atoms with Crippen LogP contribution >= 0.6 is 11.3 Å². The maximum atomic E-state index is 12.7. The van der Waals surface area contributed by atoms with E-state index in [1.807, 2.05) is 6.07 Å². The summed E-state index contributed by atoms with van der Waals surface area (Å²) in [6, 6.07) is 1.81. The summed E-state index contributed by atoms with van der Waals surface area (Å²) in [6.45, 7) is 1.61. The van der Waals surface area contributed by atoms with E-state index in [2.05, 4.69) is 23.7 Å². The number of fused-ring (bicyclic) bond motifs is 1. The minimum Gasteiger partial charge on any atom is -0.395 e. The Bertz CT molecular complexity index is 1110. The van der Waals surface area contributed by atoms with Gasteiger partial charge in [0.1, 0.15) is 0 Å². The lowest BCUT2D eigenvalue weighted by Gasteiger charge is -2.27. The number of carbonyl (C=O) groups excluding carboxylic acids is 2. The summed E-state index contributed by atoms with van der Waals surface area (Å²) in [5.41, 5.74) is 1.91. The second-order valence-corrected chi connectivity index (χ2v) is 11.3. The predicted molar refractivity (Wildman–Crippen MR) is 110 cm³/mol. The molecule has 30 heavy (non-hydrogen) atoms. The van der Waals surface area contributed by atoms with Crippen LogP contribution in [0.5, 0.6) is 0 Å². The zero-order valence-electron chi connectivity index (χ0n) is 16.6. The van der Waals surface area contributed by atoms with Crippen LogP contribution < -0.4 is 5.48 Å². The van der Waals surface area contributed by atoms with Gasteiger partial charge in [-0.3, -0.25) is 14.8 Å². The Hall–Kier alpha value is -2.37. The Labute approximate surface area is 179 Å². The fourth-order valence-corrected chi connectivity index (χ4v) is 4.89. The zero-order valence-corrected chi connectivity index (χ0v) is 18.2. The van der Waals surface area contributed by atoms with Crippen molar-refractivity contribution in [2.24, 2.45) is 5.41 Å². The first-order valence-electron chi connectivity index (χ1n) is 9.25. The summed E-state index contributed by atoms with van der Waals surface area (Å²) < 4.78 is 22.3. The maximum Gasteiger partial charge on any atom is 0.264 e. The molecule has 1 aromatic heterocycles. The summed E-state index contributed by atoms with van der Waals surface area (Å²) in [4.78, 5) is 27.3. The minimum atomic E-state index is -3.82. The topological polar surface area (TPSA) is 124 Å². The molecule has 0 unspecified atom stereocenters. The van der Waals surface area contributed by atoms with Crippen molar-refractivity contribution in [3.8, 4) is 23.7 Å². The third-order valence-corrected chi connectivity index (χ3v) is 8.75. The van der Waals surface area contributed by atoms with Crippen molar-refractivity contribution in [3.05, 3.63) is 21.4 Å². The fourth-order valence-electron chi connectivity index (χ4n) is 3.05. The lowest BCUT2D eigenvalue weighted by molar-refractivity contribution is -0.131. The smallest absolute Gasteiger partial charge is 0.264 e. The number of aliphatic hydroxyl groups is 1. The van der Waals surface area contributed by atoms with Crippen LogP contribution in [0.15, 0.2) is 6.07 Å². The molecule has 1 fully saturated rings. The molecule has 3 rings (SSSR count). The first kappa shape index (κ1) is 22.3. The van der Waals surface area contributed by atoms with Gasteiger partial charge in [0.05, 0.1) is 21.8 Å². The average molecular weight is 451 g/mol. The van der Waals surface area contributed by atoms with Crippen LogP contribution in [-0.4, -0.2) is 59.6 Å². The number of thiophene rings is 1. The van der Waals surface area contributed by atoms with Crippen LogP contribution in [0.3, 0.4) is 0 Å². The number of hydrogen-bond donors (Lipinski definition) is 3. The Morgan fingerprint density at radius 2 is 2.10 bits per heavy atom. The molecule has 2 aliphatic rings. The number of nitrogens with one attached hydrogen (secondary N) is 1. The molecule has 1 aromatic rings. The molecule has 1 saturated carbocycles. The number of sulfone groups is 1. The SMILES string of the molecule is C[C@@](CCN1Cc2cc(C#CC#CC3(CO)CC3)sc2C1=O)(C(=O)NO)S(C)(=O)=O. The van der Waals surface area contributed by atoms with Gasteiger partial charge in [-0.15, -0.1) is 11.3 Å². The van der Waals surface area contributed by atoms with E-state index in [0.717, 1.165) is 24.7 Å². The van der Waals surface area contributed by atoms with E-state index in [1.54, 1.807) is 0 Å². The van der Waals surface area contributed by atoms with E-state index >= 15 is 0 Å². The van der Waals surface area contributed by atoms with E-state index in [0.29, 0.717) is 16.3 Å². The molecule has 0 radical (unpaired) electrons. The molecule has 3 N–H and O–H groups in total.